The fourth-order valence-corrected chi connectivity index (χ4v) is 0.799. The van der Waals surface area contributed by atoms with Crippen LogP contribution in [0.5, 0.6) is 0 Å². The van der Waals surface area contributed by atoms with Crippen molar-refractivity contribution in [3.05, 3.63) is 24.0 Å². The maximum atomic E-state index is 11.6. The molecule has 3 nitrogen and oxygen atoms in total. The van der Waals surface area contributed by atoms with Crippen LogP contribution in [-0.2, 0) is 6.42 Å². The molecule has 0 unspecified atom stereocenters. The Morgan fingerprint density at radius 2 is 2.07 bits per heavy atom. The molecule has 0 aromatic carbocycles. The molecule has 0 saturated heterocycles. The van der Waals surface area contributed by atoms with Crippen molar-refractivity contribution < 1.29 is 13.2 Å². The fourth-order valence-electron chi connectivity index (χ4n) is 0.799. The Labute approximate surface area is 85.1 Å². The lowest BCUT2D eigenvalue weighted by Crippen LogP contribution is -2.33. The molecule has 0 aliphatic carbocycles. The van der Waals surface area contributed by atoms with Crippen molar-refractivity contribution in [3.63, 3.8) is 0 Å². The van der Waals surface area contributed by atoms with Gasteiger partial charge in [0.2, 0.25) is 0 Å². The Kier molecular flexibility index (Phi) is 5.40. The van der Waals surface area contributed by atoms with Crippen LogP contribution < -0.4 is 5.32 Å². The van der Waals surface area contributed by atoms with Gasteiger partial charge in [0.15, 0.2) is 0 Å². The highest BCUT2D eigenvalue weighted by molar-refractivity contribution is 5.85. The monoisotopic (exact) mass is 227 g/mol. The average Bonchev–Trinajstić information content (AvgIpc) is 2.04. The van der Waals surface area contributed by atoms with Crippen molar-refractivity contribution in [2.45, 2.75) is 12.7 Å². The van der Waals surface area contributed by atoms with E-state index in [0.29, 0.717) is 5.69 Å². The molecule has 0 fully saturated rings. The van der Waals surface area contributed by atoms with Gasteiger partial charge >= 0.3 is 6.30 Å². The van der Waals surface area contributed by atoms with E-state index in [9.17, 15) is 13.2 Å². The van der Waals surface area contributed by atoms with Gasteiger partial charge in [0.25, 0.3) is 0 Å². The van der Waals surface area contributed by atoms with E-state index in [2.05, 4.69) is 10.2 Å². The van der Waals surface area contributed by atoms with Crippen molar-refractivity contribution in [1.29, 1.82) is 0 Å². The van der Waals surface area contributed by atoms with Gasteiger partial charge in [-0.2, -0.15) is 23.4 Å². The third-order valence-corrected chi connectivity index (χ3v) is 1.33. The predicted octanol–water partition coefficient (Wildman–Crippen LogP) is 1.55. The van der Waals surface area contributed by atoms with E-state index < -0.39 is 6.30 Å². The molecule has 1 aromatic rings. The van der Waals surface area contributed by atoms with Crippen molar-refractivity contribution >= 4 is 12.4 Å². The second kappa shape index (κ2) is 5.77. The quantitative estimate of drug-likeness (QED) is 0.797. The zero-order valence-corrected chi connectivity index (χ0v) is 7.90. The first-order chi connectivity index (χ1) is 6.08. The molecule has 0 atom stereocenters. The van der Waals surface area contributed by atoms with Crippen LogP contribution in [0.3, 0.4) is 0 Å². The minimum atomic E-state index is -4.32. The number of aromatic nitrogens is 2. The normalized spacial score (nSPS) is 10.8. The van der Waals surface area contributed by atoms with E-state index in [0.717, 1.165) is 0 Å². The maximum absolute atomic E-state index is 11.6. The highest BCUT2D eigenvalue weighted by Gasteiger charge is 2.25. The number of nitrogens with zero attached hydrogens (tertiary/aromatic N) is 2. The van der Waals surface area contributed by atoms with Gasteiger partial charge in [-0.15, -0.1) is 12.4 Å². The summed E-state index contributed by atoms with van der Waals surface area (Å²) in [5, 5.41) is 8.58. The number of hydrogen-bond acceptors (Lipinski definition) is 3. The average molecular weight is 228 g/mol. The molecule has 1 rings (SSSR count). The Bertz CT molecular complexity index is 252. The molecule has 0 aliphatic rings. The molecule has 0 aliphatic heterocycles. The number of rotatable bonds is 3. The molecule has 0 radical (unpaired) electrons. The minimum absolute atomic E-state index is 0. The lowest BCUT2D eigenvalue weighted by molar-refractivity contribution is -0.156. The van der Waals surface area contributed by atoms with E-state index in [1.165, 1.54) is 11.5 Å². The van der Waals surface area contributed by atoms with Crippen molar-refractivity contribution in [2.75, 3.05) is 6.54 Å². The molecule has 0 amide bonds. The fraction of sp³-hybridized carbons (Fsp3) is 0.429. The number of nitrogens with one attached hydrogen (secondary N) is 1. The van der Waals surface area contributed by atoms with Gasteiger partial charge in [-0.25, -0.2) is 5.32 Å². The number of halogens is 4. The predicted molar refractivity (Wildman–Crippen MR) is 47.0 cm³/mol. The molecule has 0 saturated carbocycles. The first-order valence-electron chi connectivity index (χ1n) is 3.66. The van der Waals surface area contributed by atoms with Gasteiger partial charge in [-0.05, 0) is 12.1 Å². The van der Waals surface area contributed by atoms with Gasteiger partial charge in [-0.1, -0.05) is 0 Å². The summed E-state index contributed by atoms with van der Waals surface area (Å²) in [4.78, 5) is 0. The Morgan fingerprint density at radius 1 is 1.36 bits per heavy atom. The van der Waals surface area contributed by atoms with Crippen LogP contribution in [0.4, 0.5) is 13.2 Å². The molecule has 0 spiro atoms. The van der Waals surface area contributed by atoms with Crippen LogP contribution in [-0.4, -0.2) is 23.0 Å². The van der Waals surface area contributed by atoms with Gasteiger partial charge in [0.1, 0.15) is 0 Å². The van der Waals surface area contributed by atoms with E-state index in [-0.39, 0.29) is 25.4 Å². The first-order valence-corrected chi connectivity index (χ1v) is 3.66. The standard InChI is InChI=1S/C7H8F3N3.ClH/c8-7(9,10)11-5-3-6-2-1-4-12-13-6;/h1-2,4,11H,3,5H2;1H. The maximum Gasteiger partial charge on any atom is 0.457 e. The van der Waals surface area contributed by atoms with Crippen molar-refractivity contribution in [2.24, 2.45) is 0 Å². The summed E-state index contributed by atoms with van der Waals surface area (Å²) in [6, 6.07) is 3.26. The van der Waals surface area contributed by atoms with Crippen LogP contribution in [0.1, 0.15) is 5.69 Å². The van der Waals surface area contributed by atoms with Crippen LogP contribution in [0.25, 0.3) is 0 Å². The van der Waals surface area contributed by atoms with Gasteiger partial charge < -0.3 is 0 Å². The summed E-state index contributed by atoms with van der Waals surface area (Å²) in [6.07, 6.45) is -2.63. The molecular formula is C7H9ClF3N3. The molecule has 0 bridgehead atoms. The van der Waals surface area contributed by atoms with Crippen molar-refractivity contribution in [1.82, 2.24) is 15.5 Å². The SMILES string of the molecule is Cl.FC(F)(F)NCCc1cccnn1. The summed E-state index contributed by atoms with van der Waals surface area (Å²) in [6.45, 7) is -0.178. The smallest absolute Gasteiger partial charge is 0.228 e. The summed E-state index contributed by atoms with van der Waals surface area (Å²) >= 11 is 0. The topological polar surface area (TPSA) is 37.8 Å². The van der Waals surface area contributed by atoms with Gasteiger partial charge in [0, 0.05) is 19.2 Å². The lowest BCUT2D eigenvalue weighted by Gasteiger charge is -2.06. The number of alkyl halides is 3. The molecule has 1 heterocycles. The Hall–Kier alpha value is -0.880. The summed E-state index contributed by atoms with van der Waals surface area (Å²) < 4.78 is 34.8. The second-order valence-corrected chi connectivity index (χ2v) is 2.39. The summed E-state index contributed by atoms with van der Waals surface area (Å²) in [7, 11) is 0. The van der Waals surface area contributed by atoms with Crippen molar-refractivity contribution in [3.8, 4) is 0 Å². The third kappa shape index (κ3) is 5.71. The minimum Gasteiger partial charge on any atom is -0.228 e. The van der Waals surface area contributed by atoms with Crippen LogP contribution in [0.15, 0.2) is 18.3 Å². The van der Waals surface area contributed by atoms with Crippen LogP contribution in [0, 0.1) is 0 Å². The molecular weight excluding hydrogens is 219 g/mol. The highest BCUT2D eigenvalue weighted by Crippen LogP contribution is 2.08. The zero-order chi connectivity index (χ0) is 9.73. The molecule has 1 N–H and O–H groups in total. The van der Waals surface area contributed by atoms with Gasteiger partial charge in [0.05, 0.1) is 5.69 Å². The van der Waals surface area contributed by atoms with E-state index in [4.69, 9.17) is 0 Å². The Balaban J connectivity index is 0.00000169. The van der Waals surface area contributed by atoms with Crippen LogP contribution >= 0.6 is 12.4 Å². The Morgan fingerprint density at radius 3 is 2.57 bits per heavy atom. The summed E-state index contributed by atoms with van der Waals surface area (Å²) in [5.74, 6) is 0. The van der Waals surface area contributed by atoms with E-state index in [1.54, 1.807) is 12.1 Å². The number of hydrogen-bond donors (Lipinski definition) is 1. The largest absolute Gasteiger partial charge is 0.457 e. The molecule has 80 valence electrons. The molecule has 1 aromatic heterocycles. The van der Waals surface area contributed by atoms with Gasteiger partial charge in [-0.3, -0.25) is 0 Å². The third-order valence-electron chi connectivity index (χ3n) is 1.33. The van der Waals surface area contributed by atoms with E-state index >= 15 is 0 Å². The molecule has 7 heteroatoms. The lowest BCUT2D eigenvalue weighted by atomic mass is 10.3. The van der Waals surface area contributed by atoms with E-state index in [1.807, 2.05) is 0 Å². The highest BCUT2D eigenvalue weighted by atomic mass is 35.5. The zero-order valence-electron chi connectivity index (χ0n) is 7.08. The first kappa shape index (κ1) is 13.1. The van der Waals surface area contributed by atoms with Crippen LogP contribution in [0.2, 0.25) is 0 Å². The summed E-state index contributed by atoms with van der Waals surface area (Å²) in [5.41, 5.74) is 0.541. The second-order valence-electron chi connectivity index (χ2n) is 2.39. The molecule has 14 heavy (non-hydrogen) atoms.